The smallest absolute Gasteiger partial charge is 0.262 e. The summed E-state index contributed by atoms with van der Waals surface area (Å²) in [6.45, 7) is 2.63. The van der Waals surface area contributed by atoms with Crippen molar-refractivity contribution in [2.75, 3.05) is 39.0 Å². The predicted octanol–water partition coefficient (Wildman–Crippen LogP) is -0.0100. The maximum atomic E-state index is 12.4. The number of likely N-dealkylation sites (N-methyl/N-ethyl adjacent to an activating group) is 1. The summed E-state index contributed by atoms with van der Waals surface area (Å²) in [5, 5.41) is -0.0328. The lowest BCUT2D eigenvalue weighted by molar-refractivity contribution is 0.347. The van der Waals surface area contributed by atoms with Crippen molar-refractivity contribution in [1.29, 1.82) is 0 Å². The van der Waals surface area contributed by atoms with Gasteiger partial charge >= 0.3 is 0 Å². The summed E-state index contributed by atoms with van der Waals surface area (Å²) in [7, 11) is -1.58. The van der Waals surface area contributed by atoms with E-state index in [-0.39, 0.29) is 10.7 Å². The fraction of sp³-hybridized carbons (Fsp3) is 0.545. The largest absolute Gasteiger partial charge is 0.396 e. The normalized spacial score (nSPS) is 19.6. The predicted molar refractivity (Wildman–Crippen MR) is 69.5 cm³/mol. The number of aromatic nitrogens is 1. The quantitative estimate of drug-likeness (QED) is 0.817. The summed E-state index contributed by atoms with van der Waals surface area (Å²) in [4.78, 5) is 6.03. The van der Waals surface area contributed by atoms with Crippen LogP contribution >= 0.6 is 0 Å². The molecule has 0 bridgehead atoms. The van der Waals surface area contributed by atoms with Crippen LogP contribution in [0.5, 0.6) is 0 Å². The Bertz CT molecular complexity index is 518. The molecule has 2 heterocycles. The van der Waals surface area contributed by atoms with Gasteiger partial charge in [-0.05, 0) is 32.1 Å². The van der Waals surface area contributed by atoms with Crippen molar-refractivity contribution in [3.63, 3.8) is 0 Å². The third-order valence-electron chi connectivity index (χ3n) is 3.06. The van der Waals surface area contributed by atoms with Crippen LogP contribution in [0.4, 0.5) is 5.69 Å². The van der Waals surface area contributed by atoms with E-state index >= 15 is 0 Å². The van der Waals surface area contributed by atoms with E-state index in [4.69, 9.17) is 5.73 Å². The zero-order chi connectivity index (χ0) is 13.2. The molecule has 0 spiro atoms. The summed E-state index contributed by atoms with van der Waals surface area (Å²) < 4.78 is 26.3. The second kappa shape index (κ2) is 5.21. The minimum absolute atomic E-state index is 0.0328. The molecule has 1 aromatic heterocycles. The van der Waals surface area contributed by atoms with Crippen molar-refractivity contribution < 1.29 is 8.42 Å². The zero-order valence-electron chi connectivity index (χ0n) is 10.4. The van der Waals surface area contributed by atoms with Gasteiger partial charge in [-0.1, -0.05) is 0 Å². The van der Waals surface area contributed by atoms with Crippen molar-refractivity contribution in [3.8, 4) is 0 Å². The Kier molecular flexibility index (Phi) is 3.84. The number of hydrogen-bond donors (Lipinski definition) is 1. The van der Waals surface area contributed by atoms with Crippen LogP contribution in [0.25, 0.3) is 0 Å². The molecule has 0 amide bonds. The van der Waals surface area contributed by atoms with Crippen LogP contribution in [-0.4, -0.2) is 55.8 Å². The molecule has 0 unspecified atom stereocenters. The van der Waals surface area contributed by atoms with Crippen molar-refractivity contribution in [3.05, 3.63) is 18.3 Å². The third kappa shape index (κ3) is 2.63. The lowest BCUT2D eigenvalue weighted by Crippen LogP contribution is -2.35. The van der Waals surface area contributed by atoms with E-state index in [0.717, 1.165) is 19.5 Å². The highest BCUT2D eigenvalue weighted by Crippen LogP contribution is 2.20. The first-order valence-electron chi connectivity index (χ1n) is 5.91. The molecular formula is C11H18N4O2S. The van der Waals surface area contributed by atoms with Crippen LogP contribution in [-0.2, 0) is 10.0 Å². The highest BCUT2D eigenvalue weighted by molar-refractivity contribution is 7.89. The lowest BCUT2D eigenvalue weighted by atomic mass is 10.4. The van der Waals surface area contributed by atoms with Crippen LogP contribution < -0.4 is 5.73 Å². The molecule has 0 radical (unpaired) electrons. The molecule has 1 aromatic rings. The van der Waals surface area contributed by atoms with Gasteiger partial charge in [0.1, 0.15) is 0 Å². The van der Waals surface area contributed by atoms with Gasteiger partial charge in [0.25, 0.3) is 10.0 Å². The molecule has 0 atom stereocenters. The van der Waals surface area contributed by atoms with Crippen molar-refractivity contribution >= 4 is 15.7 Å². The molecule has 0 saturated carbocycles. The van der Waals surface area contributed by atoms with Crippen LogP contribution in [0.1, 0.15) is 6.42 Å². The molecule has 1 aliphatic rings. The fourth-order valence-corrected chi connectivity index (χ4v) is 3.50. The van der Waals surface area contributed by atoms with Gasteiger partial charge in [-0.2, -0.15) is 4.31 Å². The Morgan fingerprint density at radius 1 is 1.28 bits per heavy atom. The van der Waals surface area contributed by atoms with Crippen LogP contribution in [0.15, 0.2) is 23.4 Å². The van der Waals surface area contributed by atoms with E-state index in [0.29, 0.717) is 13.1 Å². The molecule has 0 aliphatic carbocycles. The molecule has 1 aliphatic heterocycles. The molecule has 1 saturated heterocycles. The molecular weight excluding hydrogens is 252 g/mol. The second-order valence-corrected chi connectivity index (χ2v) is 6.31. The fourth-order valence-electron chi connectivity index (χ4n) is 2.00. The van der Waals surface area contributed by atoms with Crippen LogP contribution in [0.3, 0.4) is 0 Å². The van der Waals surface area contributed by atoms with Gasteiger partial charge in [0.2, 0.25) is 0 Å². The highest BCUT2D eigenvalue weighted by atomic mass is 32.2. The van der Waals surface area contributed by atoms with Gasteiger partial charge in [0, 0.05) is 25.8 Å². The second-order valence-electron chi connectivity index (χ2n) is 4.46. The maximum Gasteiger partial charge on any atom is 0.262 e. The number of sulfonamides is 1. The number of hydrogen-bond acceptors (Lipinski definition) is 5. The van der Waals surface area contributed by atoms with E-state index < -0.39 is 10.0 Å². The summed E-state index contributed by atoms with van der Waals surface area (Å²) in [5.41, 5.74) is 5.90. The van der Waals surface area contributed by atoms with E-state index in [1.165, 1.54) is 10.5 Å². The number of pyridine rings is 1. The topological polar surface area (TPSA) is 79.5 Å². The first-order chi connectivity index (χ1) is 8.51. The average molecular weight is 270 g/mol. The first kappa shape index (κ1) is 13.3. The summed E-state index contributed by atoms with van der Waals surface area (Å²) in [5.74, 6) is 0. The molecule has 0 aromatic carbocycles. The monoisotopic (exact) mass is 270 g/mol. The van der Waals surface area contributed by atoms with E-state index in [9.17, 15) is 8.42 Å². The number of nitrogens with two attached hydrogens (primary N) is 1. The Morgan fingerprint density at radius 2 is 2.06 bits per heavy atom. The number of nitrogen functional groups attached to an aromatic ring is 1. The number of nitrogens with zero attached hydrogens (tertiary/aromatic N) is 3. The molecule has 2 N–H and O–H groups in total. The third-order valence-corrected chi connectivity index (χ3v) is 4.94. The summed E-state index contributed by atoms with van der Waals surface area (Å²) in [6.07, 6.45) is 2.27. The van der Waals surface area contributed by atoms with Gasteiger partial charge in [-0.3, -0.25) is 0 Å². The van der Waals surface area contributed by atoms with Gasteiger partial charge in [-0.15, -0.1) is 0 Å². The Hall–Kier alpha value is -1.18. The minimum Gasteiger partial charge on any atom is -0.396 e. The van der Waals surface area contributed by atoms with Crippen molar-refractivity contribution in [2.45, 2.75) is 11.4 Å². The van der Waals surface area contributed by atoms with Gasteiger partial charge in [0.15, 0.2) is 5.03 Å². The van der Waals surface area contributed by atoms with Gasteiger partial charge in [0.05, 0.1) is 5.69 Å². The lowest BCUT2D eigenvalue weighted by Gasteiger charge is -2.20. The first-order valence-corrected chi connectivity index (χ1v) is 7.35. The molecule has 100 valence electrons. The van der Waals surface area contributed by atoms with Gasteiger partial charge < -0.3 is 10.6 Å². The number of rotatable bonds is 2. The van der Waals surface area contributed by atoms with E-state index in [1.807, 2.05) is 7.05 Å². The number of anilines is 1. The minimum atomic E-state index is -3.57. The summed E-state index contributed by atoms with van der Waals surface area (Å²) in [6, 6.07) is 3.19. The molecule has 2 rings (SSSR count). The molecule has 1 fully saturated rings. The zero-order valence-corrected chi connectivity index (χ0v) is 11.2. The SMILES string of the molecule is CN1CCCN(S(=O)(=O)c2ncccc2N)CC1. The maximum absolute atomic E-state index is 12.4. The van der Waals surface area contributed by atoms with Crippen LogP contribution in [0, 0.1) is 0 Å². The molecule has 18 heavy (non-hydrogen) atoms. The Morgan fingerprint density at radius 3 is 2.78 bits per heavy atom. The van der Waals surface area contributed by atoms with E-state index in [2.05, 4.69) is 9.88 Å². The van der Waals surface area contributed by atoms with Crippen molar-refractivity contribution in [2.24, 2.45) is 0 Å². The van der Waals surface area contributed by atoms with Crippen molar-refractivity contribution in [1.82, 2.24) is 14.2 Å². The molecule has 6 nitrogen and oxygen atoms in total. The highest BCUT2D eigenvalue weighted by Gasteiger charge is 2.28. The van der Waals surface area contributed by atoms with E-state index in [1.54, 1.807) is 12.1 Å². The Balaban J connectivity index is 2.28. The average Bonchev–Trinajstić information content (AvgIpc) is 2.54. The van der Waals surface area contributed by atoms with Gasteiger partial charge in [-0.25, -0.2) is 13.4 Å². The Labute approximate surface area is 107 Å². The standard InChI is InChI=1S/C11H18N4O2S/c1-14-6-3-7-15(9-8-14)18(16,17)11-10(12)4-2-5-13-11/h2,4-5H,3,6-9,12H2,1H3. The summed E-state index contributed by atoms with van der Waals surface area (Å²) >= 11 is 0. The molecule has 7 heteroatoms. The van der Waals surface area contributed by atoms with Crippen LogP contribution in [0.2, 0.25) is 0 Å².